The summed E-state index contributed by atoms with van der Waals surface area (Å²) in [5, 5.41) is 0. The van der Waals surface area contributed by atoms with Crippen molar-refractivity contribution in [3.63, 3.8) is 0 Å². The second kappa shape index (κ2) is 12.6. The van der Waals surface area contributed by atoms with Gasteiger partial charge in [-0.15, -0.1) is 0 Å². The Hall–Kier alpha value is 1.23. The van der Waals surface area contributed by atoms with Gasteiger partial charge in [0.05, 0.1) is 0 Å². The second-order valence-corrected chi connectivity index (χ2v) is 6.54. The molecule has 0 aromatic rings. The molecule has 0 amide bonds. The van der Waals surface area contributed by atoms with E-state index in [-0.39, 0.29) is 36.9 Å². The van der Waals surface area contributed by atoms with Gasteiger partial charge in [0.15, 0.2) is 0 Å². The summed E-state index contributed by atoms with van der Waals surface area (Å²) in [4.78, 5) is 0. The van der Waals surface area contributed by atoms with Gasteiger partial charge in [-0.2, -0.15) is 0 Å². The quantitative estimate of drug-likeness (QED) is 0.353. The summed E-state index contributed by atoms with van der Waals surface area (Å²) in [6.45, 7) is 28.5. The molecule has 0 aliphatic heterocycles. The Morgan fingerprint density at radius 1 is 0.375 bits per heavy atom. The van der Waals surface area contributed by atoms with Crippen LogP contribution in [0.3, 0.4) is 0 Å². The summed E-state index contributed by atoms with van der Waals surface area (Å²) in [7, 11) is 0. The topological polar surface area (TPSA) is 0 Å². The molecule has 2 fully saturated rings. The number of rotatable bonds is 0. The van der Waals surface area contributed by atoms with Crippen LogP contribution in [0.1, 0.15) is 69.2 Å². The van der Waals surface area contributed by atoms with E-state index in [4.69, 9.17) is 0 Å². The molecular weight excluding hydrogens is 451 g/mol. The van der Waals surface area contributed by atoms with Crippen molar-refractivity contribution in [1.29, 1.82) is 0 Å². The summed E-state index contributed by atoms with van der Waals surface area (Å²) >= 11 is 0. The number of hydrogen-bond donors (Lipinski definition) is 0. The molecule has 2 aliphatic rings. The molecular formula is C23H35Lu. The fourth-order valence-corrected chi connectivity index (χ4v) is 2.81. The predicted molar refractivity (Wildman–Crippen MR) is 104 cm³/mol. The molecule has 2 saturated carbocycles. The summed E-state index contributed by atoms with van der Waals surface area (Å²) in [6, 6.07) is 0. The van der Waals surface area contributed by atoms with Crippen molar-refractivity contribution in [3.8, 4) is 0 Å². The van der Waals surface area contributed by atoms with Crippen LogP contribution in [0.4, 0.5) is 0 Å². The Morgan fingerprint density at radius 3 is 0.458 bits per heavy atom. The van der Waals surface area contributed by atoms with E-state index >= 15 is 0 Å². The average molecular weight is 487 g/mol. The zero-order valence-corrected chi connectivity index (χ0v) is 18.9. The van der Waals surface area contributed by atoms with Gasteiger partial charge in [0.2, 0.25) is 0 Å². The molecule has 142 valence electrons. The van der Waals surface area contributed by atoms with Gasteiger partial charge >= 0.3 is 0 Å². The van der Waals surface area contributed by atoms with Crippen molar-refractivity contribution >= 4 is 0 Å². The van der Waals surface area contributed by atoms with Crippen molar-refractivity contribution in [2.24, 2.45) is 0 Å². The third kappa shape index (κ3) is 6.76. The maximum Gasteiger partial charge on any atom is 0 e. The first-order valence-corrected chi connectivity index (χ1v) is 8.32. The maximum atomic E-state index is 3.25. The van der Waals surface area contributed by atoms with E-state index in [2.05, 4.69) is 83.1 Å². The third-order valence-corrected chi connectivity index (χ3v) is 5.62. The third-order valence-electron chi connectivity index (χ3n) is 5.62. The van der Waals surface area contributed by atoms with E-state index in [0.717, 1.165) is 0 Å². The monoisotopic (exact) mass is 486 g/mol. The van der Waals surface area contributed by atoms with Gasteiger partial charge in [-0.25, -0.2) is 0 Å². The van der Waals surface area contributed by atoms with Crippen LogP contribution in [0.5, 0.6) is 0 Å². The van der Waals surface area contributed by atoms with Crippen LogP contribution in [0.2, 0.25) is 0 Å². The van der Waals surface area contributed by atoms with Crippen LogP contribution in [0, 0.1) is 116 Å². The SMILES string of the molecule is C[C]1[C](C)[C](C)[C](C)[C]1C.C[C]1[C](C)[C](C)[C](C)[C]1C.[CH2][CH][CH2].[Lu]. The molecule has 0 atom stereocenters. The standard InChI is InChI=1S/2C10H15.C3H5.Lu/c2*1-6-7(2)9(4)10(5)8(6)3;1-3-2;/h2*1-5H3;3H,1-2H2;. The largest absolute Gasteiger partial charge is 0.0579 e. The molecule has 2 aliphatic carbocycles. The number of hydrogen-bond acceptors (Lipinski definition) is 0. The minimum Gasteiger partial charge on any atom is -0.0579 e. The van der Waals surface area contributed by atoms with Gasteiger partial charge in [0.25, 0.3) is 0 Å². The zero-order valence-electron chi connectivity index (χ0n) is 17.2. The summed E-state index contributed by atoms with van der Waals surface area (Å²) in [6.07, 6.45) is 1.50. The van der Waals surface area contributed by atoms with E-state index in [0.29, 0.717) is 0 Å². The van der Waals surface area contributed by atoms with Gasteiger partial charge in [0.1, 0.15) is 0 Å². The predicted octanol–water partition coefficient (Wildman–Crippen LogP) is 6.80. The maximum absolute atomic E-state index is 3.25. The Labute approximate surface area is 184 Å². The van der Waals surface area contributed by atoms with Crippen molar-refractivity contribution in [2.75, 3.05) is 0 Å². The minimum atomic E-state index is 0. The van der Waals surface area contributed by atoms with Gasteiger partial charge in [-0.1, -0.05) is 69.2 Å². The smallest absolute Gasteiger partial charge is 0 e. The normalized spacial score (nSPS) is 24.5. The van der Waals surface area contributed by atoms with Crippen LogP contribution in [-0.4, -0.2) is 0 Å². The minimum absolute atomic E-state index is 0. The van der Waals surface area contributed by atoms with Gasteiger partial charge < -0.3 is 0 Å². The van der Waals surface area contributed by atoms with Crippen LogP contribution < -0.4 is 0 Å². The van der Waals surface area contributed by atoms with Gasteiger partial charge in [-0.3, -0.25) is 0 Å². The molecule has 1 heteroatoms. The second-order valence-electron chi connectivity index (χ2n) is 6.54. The Morgan fingerprint density at radius 2 is 0.417 bits per heavy atom. The first kappa shape index (κ1) is 27.5. The molecule has 0 unspecified atom stereocenters. The fourth-order valence-electron chi connectivity index (χ4n) is 2.81. The van der Waals surface area contributed by atoms with Crippen molar-refractivity contribution < 1.29 is 36.9 Å². The summed E-state index contributed by atoms with van der Waals surface area (Å²) < 4.78 is 0. The molecule has 24 heavy (non-hydrogen) atoms. The molecule has 0 N–H and O–H groups in total. The first-order valence-electron chi connectivity index (χ1n) is 8.32. The molecule has 0 heterocycles. The van der Waals surface area contributed by atoms with Crippen molar-refractivity contribution in [3.05, 3.63) is 79.4 Å². The van der Waals surface area contributed by atoms with Crippen molar-refractivity contribution in [1.82, 2.24) is 0 Å². The van der Waals surface area contributed by atoms with E-state index in [1.54, 1.807) is 0 Å². The molecule has 0 aromatic heterocycles. The van der Waals surface area contributed by atoms with E-state index in [9.17, 15) is 0 Å². The van der Waals surface area contributed by atoms with E-state index in [1.807, 2.05) is 0 Å². The molecule has 0 bridgehead atoms. The summed E-state index contributed by atoms with van der Waals surface area (Å²) in [5.74, 6) is 14.7. The zero-order chi connectivity index (χ0) is 18.5. The Kier molecular flexibility index (Phi) is 14.4. The Balaban J connectivity index is 0. The molecule has 2 rings (SSSR count). The van der Waals surface area contributed by atoms with Crippen molar-refractivity contribution in [2.45, 2.75) is 69.2 Å². The molecule has 0 nitrogen and oxygen atoms in total. The van der Waals surface area contributed by atoms with Gasteiger partial charge in [-0.05, 0) is 79.4 Å². The molecule has 0 aromatic carbocycles. The average Bonchev–Trinajstić information content (AvgIpc) is 2.80. The van der Waals surface area contributed by atoms with Crippen LogP contribution in [-0.2, 0) is 0 Å². The van der Waals surface area contributed by atoms with Crippen LogP contribution in [0.15, 0.2) is 0 Å². The van der Waals surface area contributed by atoms with Crippen LogP contribution >= 0.6 is 0 Å². The first-order chi connectivity index (χ1) is 10.5. The van der Waals surface area contributed by atoms with E-state index < -0.39 is 0 Å². The Bertz CT molecular complexity index is 193. The molecule has 0 spiro atoms. The van der Waals surface area contributed by atoms with Gasteiger partial charge in [0, 0.05) is 36.9 Å². The van der Waals surface area contributed by atoms with E-state index in [1.165, 1.54) is 65.6 Å². The summed E-state index contributed by atoms with van der Waals surface area (Å²) in [5.41, 5.74) is 0. The van der Waals surface area contributed by atoms with Crippen LogP contribution in [0.25, 0.3) is 0 Å². The molecule has 14 radical (unpaired) electrons. The molecule has 0 saturated heterocycles. The fraction of sp³-hybridized carbons (Fsp3) is 0.435.